The molecule has 0 aliphatic carbocycles. The Bertz CT molecular complexity index is 1290. The first kappa shape index (κ1) is 23.1. The van der Waals surface area contributed by atoms with Crippen LogP contribution in [0.2, 0.25) is 10.0 Å². The molecule has 0 aliphatic heterocycles. The molecular formula is C25H24Cl2N4O2. The fraction of sp³-hybridized carbons (Fsp3) is 0.160. The Labute approximate surface area is 201 Å². The van der Waals surface area contributed by atoms with Gasteiger partial charge in [-0.1, -0.05) is 65.7 Å². The topological polar surface area (TPSA) is 85.4 Å². The Morgan fingerprint density at radius 1 is 0.727 bits per heavy atom. The summed E-state index contributed by atoms with van der Waals surface area (Å²) in [6, 6.07) is 20.8. The summed E-state index contributed by atoms with van der Waals surface area (Å²) in [5, 5.41) is 24.2. The normalized spacial score (nSPS) is 11.0. The second-order valence-electron chi connectivity index (χ2n) is 7.51. The smallest absolute Gasteiger partial charge is 0.275 e. The molecule has 1 amide bonds. The highest BCUT2D eigenvalue weighted by Gasteiger charge is 2.12. The zero-order valence-corrected chi connectivity index (χ0v) is 19.3. The first-order valence-corrected chi connectivity index (χ1v) is 11.4. The Kier molecular flexibility index (Phi) is 7.52. The van der Waals surface area contributed by atoms with Gasteiger partial charge in [0.25, 0.3) is 5.91 Å². The van der Waals surface area contributed by atoms with Crippen molar-refractivity contribution in [2.45, 2.75) is 0 Å². The molecule has 4 aromatic rings. The number of carbonyl (C=O) groups is 1. The highest BCUT2D eigenvalue weighted by Crippen LogP contribution is 2.35. The Balaban J connectivity index is 1.32. The van der Waals surface area contributed by atoms with Crippen molar-refractivity contribution in [2.24, 2.45) is 0 Å². The first-order chi connectivity index (χ1) is 16.1. The van der Waals surface area contributed by atoms with Crippen LogP contribution in [-0.4, -0.2) is 37.3 Å². The van der Waals surface area contributed by atoms with Crippen molar-refractivity contribution in [3.8, 4) is 0 Å². The van der Waals surface area contributed by atoms with Crippen LogP contribution in [-0.2, 0) is 0 Å². The lowest BCUT2D eigenvalue weighted by Gasteiger charge is -2.15. The number of halogens is 2. The van der Waals surface area contributed by atoms with Crippen LogP contribution in [0.1, 0.15) is 10.4 Å². The predicted octanol–water partition coefficient (Wildman–Crippen LogP) is 5.53. The molecule has 0 radical (unpaired) electrons. The molecule has 0 aliphatic rings. The SMILES string of the molecule is O=C(NO)c1cccc2cccc(NCCNCCNc3c(Cl)ccc4cccc(Cl)c34)c12. The number of anilines is 2. The second kappa shape index (κ2) is 10.7. The van der Waals surface area contributed by atoms with E-state index in [2.05, 4.69) is 16.0 Å². The van der Waals surface area contributed by atoms with Crippen molar-refractivity contribution in [2.75, 3.05) is 36.8 Å². The fourth-order valence-corrected chi connectivity index (χ4v) is 4.41. The van der Waals surface area contributed by atoms with Crippen LogP contribution in [0.15, 0.2) is 66.7 Å². The van der Waals surface area contributed by atoms with Crippen LogP contribution >= 0.6 is 23.2 Å². The molecule has 0 unspecified atom stereocenters. The number of hydrogen-bond acceptors (Lipinski definition) is 5. The molecule has 0 saturated carbocycles. The number of fused-ring (bicyclic) bond motifs is 2. The van der Waals surface area contributed by atoms with Gasteiger partial charge in [0.15, 0.2) is 0 Å². The first-order valence-electron chi connectivity index (χ1n) is 10.6. The molecular weight excluding hydrogens is 459 g/mol. The molecule has 4 aromatic carbocycles. The maximum atomic E-state index is 12.0. The van der Waals surface area contributed by atoms with E-state index in [9.17, 15) is 4.79 Å². The number of rotatable bonds is 9. The van der Waals surface area contributed by atoms with E-state index in [4.69, 9.17) is 28.4 Å². The summed E-state index contributed by atoms with van der Waals surface area (Å²) in [5.41, 5.74) is 3.81. The zero-order valence-electron chi connectivity index (χ0n) is 17.8. The Hall–Kier alpha value is -3.03. The number of benzene rings is 4. The summed E-state index contributed by atoms with van der Waals surface area (Å²) in [6.45, 7) is 2.79. The van der Waals surface area contributed by atoms with Crippen molar-refractivity contribution >= 4 is 62.0 Å². The van der Waals surface area contributed by atoms with Gasteiger partial charge in [-0.05, 0) is 35.0 Å². The molecule has 170 valence electrons. The maximum absolute atomic E-state index is 12.0. The summed E-state index contributed by atoms with van der Waals surface area (Å²) in [4.78, 5) is 12.0. The lowest BCUT2D eigenvalue weighted by molar-refractivity contribution is 0.0708. The molecule has 0 atom stereocenters. The molecule has 0 bridgehead atoms. The van der Waals surface area contributed by atoms with E-state index in [1.54, 1.807) is 17.6 Å². The van der Waals surface area contributed by atoms with E-state index < -0.39 is 5.91 Å². The number of amides is 1. The van der Waals surface area contributed by atoms with Gasteiger partial charge in [-0.2, -0.15) is 0 Å². The third kappa shape index (κ3) is 5.15. The van der Waals surface area contributed by atoms with E-state index in [-0.39, 0.29) is 0 Å². The van der Waals surface area contributed by atoms with Crippen LogP contribution in [0, 0.1) is 0 Å². The van der Waals surface area contributed by atoms with Crippen molar-refractivity contribution in [3.05, 3.63) is 82.3 Å². The molecule has 0 heterocycles. The van der Waals surface area contributed by atoms with Gasteiger partial charge in [0.05, 0.1) is 21.3 Å². The van der Waals surface area contributed by atoms with Gasteiger partial charge in [-0.25, -0.2) is 5.48 Å². The van der Waals surface area contributed by atoms with E-state index in [1.807, 2.05) is 54.6 Å². The van der Waals surface area contributed by atoms with Crippen LogP contribution < -0.4 is 21.4 Å². The molecule has 5 N–H and O–H groups in total. The minimum atomic E-state index is -0.536. The van der Waals surface area contributed by atoms with E-state index in [0.29, 0.717) is 28.7 Å². The summed E-state index contributed by atoms with van der Waals surface area (Å²) >= 11 is 12.8. The van der Waals surface area contributed by atoms with Crippen LogP contribution in [0.25, 0.3) is 21.5 Å². The largest absolute Gasteiger partial charge is 0.383 e. The molecule has 0 fully saturated rings. The van der Waals surface area contributed by atoms with Gasteiger partial charge in [-0.3, -0.25) is 10.0 Å². The van der Waals surface area contributed by atoms with Crippen molar-refractivity contribution < 1.29 is 10.0 Å². The molecule has 0 spiro atoms. The number of hydroxylamine groups is 1. The summed E-state index contributed by atoms with van der Waals surface area (Å²) in [5.74, 6) is -0.536. The fourth-order valence-electron chi connectivity index (χ4n) is 3.91. The van der Waals surface area contributed by atoms with Gasteiger partial charge in [0.1, 0.15) is 0 Å². The average molecular weight is 483 g/mol. The number of hydrogen-bond donors (Lipinski definition) is 5. The molecule has 33 heavy (non-hydrogen) atoms. The second-order valence-corrected chi connectivity index (χ2v) is 8.33. The molecule has 0 saturated heterocycles. The minimum Gasteiger partial charge on any atom is -0.383 e. The van der Waals surface area contributed by atoms with Gasteiger partial charge in [-0.15, -0.1) is 0 Å². The number of carbonyl (C=O) groups excluding carboxylic acids is 1. The van der Waals surface area contributed by atoms with Gasteiger partial charge in [0, 0.05) is 42.6 Å². The molecule has 8 heteroatoms. The average Bonchev–Trinajstić information content (AvgIpc) is 2.84. The predicted molar refractivity (Wildman–Crippen MR) is 137 cm³/mol. The molecule has 0 aromatic heterocycles. The van der Waals surface area contributed by atoms with E-state index >= 15 is 0 Å². The molecule has 4 rings (SSSR count). The van der Waals surface area contributed by atoms with Crippen molar-refractivity contribution in [3.63, 3.8) is 0 Å². The van der Waals surface area contributed by atoms with Crippen molar-refractivity contribution in [1.82, 2.24) is 10.8 Å². The third-order valence-corrected chi connectivity index (χ3v) is 6.05. The minimum absolute atomic E-state index is 0.417. The standard InChI is InChI=1S/C25H24Cl2N4O2/c26-19-8-2-5-17-10-11-20(27)24(23(17)19)30-15-13-28-12-14-29-21-9-3-6-16-4-1-7-18(22(16)21)25(32)31-33/h1-11,28-30,33H,12-15H2,(H,31,32). The van der Waals surface area contributed by atoms with Crippen LogP contribution in [0.3, 0.4) is 0 Å². The lowest BCUT2D eigenvalue weighted by atomic mass is 10.0. The van der Waals surface area contributed by atoms with E-state index in [1.165, 1.54) is 0 Å². The quantitative estimate of drug-likeness (QED) is 0.123. The van der Waals surface area contributed by atoms with Crippen molar-refractivity contribution in [1.29, 1.82) is 0 Å². The van der Waals surface area contributed by atoms with Crippen LogP contribution in [0.4, 0.5) is 11.4 Å². The Morgan fingerprint density at radius 3 is 2.15 bits per heavy atom. The van der Waals surface area contributed by atoms with Crippen LogP contribution in [0.5, 0.6) is 0 Å². The van der Waals surface area contributed by atoms with E-state index in [0.717, 1.165) is 46.0 Å². The highest BCUT2D eigenvalue weighted by atomic mass is 35.5. The highest BCUT2D eigenvalue weighted by molar-refractivity contribution is 6.40. The van der Waals surface area contributed by atoms with Gasteiger partial charge >= 0.3 is 0 Å². The zero-order chi connectivity index (χ0) is 23.2. The summed E-state index contributed by atoms with van der Waals surface area (Å²) in [6.07, 6.45) is 0. The lowest BCUT2D eigenvalue weighted by Crippen LogP contribution is -2.27. The summed E-state index contributed by atoms with van der Waals surface area (Å²) in [7, 11) is 0. The summed E-state index contributed by atoms with van der Waals surface area (Å²) < 4.78 is 0. The third-order valence-electron chi connectivity index (χ3n) is 5.42. The Morgan fingerprint density at radius 2 is 1.39 bits per heavy atom. The van der Waals surface area contributed by atoms with Gasteiger partial charge in [0.2, 0.25) is 0 Å². The maximum Gasteiger partial charge on any atom is 0.275 e. The molecule has 6 nitrogen and oxygen atoms in total. The monoisotopic (exact) mass is 482 g/mol. The number of nitrogens with one attached hydrogen (secondary N) is 4. The van der Waals surface area contributed by atoms with Gasteiger partial charge < -0.3 is 16.0 Å².